The van der Waals surface area contributed by atoms with Crippen LogP contribution in [-0.2, 0) is 0 Å². The van der Waals surface area contributed by atoms with E-state index in [1.165, 1.54) is 11.8 Å². The Morgan fingerprint density at radius 1 is 1.20 bits per heavy atom. The lowest BCUT2D eigenvalue weighted by Gasteiger charge is -2.26. The smallest absolute Gasteiger partial charge is 0.00927 e. The Morgan fingerprint density at radius 3 is 2.30 bits per heavy atom. The highest BCUT2D eigenvalue weighted by Gasteiger charge is 3.16. The summed E-state index contributed by atoms with van der Waals surface area (Å²) in [5.41, 5.74) is 1.94. The summed E-state index contributed by atoms with van der Waals surface area (Å²) in [6.45, 7) is 2.16. The second-order valence-electron chi connectivity index (χ2n) is 4.55. The molecule has 0 aromatic rings. The van der Waals surface area contributed by atoms with Crippen LogP contribution in [-0.4, -0.2) is 0 Å². The lowest BCUT2D eigenvalue weighted by molar-refractivity contribution is 0.242. The molecular formula is C10H12. The van der Waals surface area contributed by atoms with Crippen LogP contribution < -0.4 is 0 Å². The molecule has 0 aromatic heterocycles. The first-order chi connectivity index (χ1) is 4.91. The van der Waals surface area contributed by atoms with Gasteiger partial charge in [-0.3, -0.25) is 0 Å². The third-order valence-corrected chi connectivity index (χ3v) is 4.96. The minimum Gasteiger partial charge on any atom is -0.0913 e. The van der Waals surface area contributed by atoms with E-state index in [1.807, 2.05) is 0 Å². The molecular weight excluding hydrogens is 120 g/mol. The number of rotatable bonds is 1. The van der Waals surface area contributed by atoms with E-state index in [0.717, 1.165) is 16.7 Å². The molecule has 5 aliphatic carbocycles. The molecule has 5 saturated carbocycles. The molecule has 0 heteroatoms. The number of hydrogen-bond donors (Lipinski definition) is 0. The lowest BCUT2D eigenvalue weighted by atomic mass is 9.78. The van der Waals surface area contributed by atoms with Crippen molar-refractivity contribution in [2.24, 2.45) is 28.6 Å². The van der Waals surface area contributed by atoms with E-state index >= 15 is 0 Å². The maximum Gasteiger partial charge on any atom is -0.00927 e. The highest BCUT2D eigenvalue weighted by molar-refractivity contribution is 5.64. The zero-order valence-electron chi connectivity index (χ0n) is 6.30. The van der Waals surface area contributed by atoms with Gasteiger partial charge in [0.15, 0.2) is 0 Å². The Morgan fingerprint density at radius 2 is 1.80 bits per heavy atom. The number of allylic oxidation sites excluding steroid dienone is 2. The van der Waals surface area contributed by atoms with Gasteiger partial charge in [-0.1, -0.05) is 12.2 Å². The topological polar surface area (TPSA) is 0 Å². The average Bonchev–Trinajstić information content (AvgIpc) is 2.80. The summed E-state index contributed by atoms with van der Waals surface area (Å²) in [6, 6.07) is 0. The van der Waals surface area contributed by atoms with Gasteiger partial charge in [-0.2, -0.15) is 0 Å². The minimum atomic E-state index is 0.972. The summed E-state index contributed by atoms with van der Waals surface area (Å²) in [7, 11) is 0. The summed E-state index contributed by atoms with van der Waals surface area (Å²) in [6.07, 6.45) is 7.87. The van der Waals surface area contributed by atoms with Crippen molar-refractivity contribution in [3.63, 3.8) is 0 Å². The minimum absolute atomic E-state index is 0.972. The van der Waals surface area contributed by atoms with Crippen LogP contribution in [0, 0.1) is 28.6 Å². The maximum absolute atomic E-state index is 2.46. The Balaban J connectivity index is 1.74. The summed E-state index contributed by atoms with van der Waals surface area (Å²) in [5.74, 6) is 3.53. The summed E-state index contributed by atoms with van der Waals surface area (Å²) in [4.78, 5) is 0. The molecule has 0 aliphatic heterocycles. The highest BCUT2D eigenvalue weighted by Crippen LogP contribution is 3.19. The van der Waals surface area contributed by atoms with Gasteiger partial charge >= 0.3 is 0 Å². The molecule has 10 heavy (non-hydrogen) atoms. The van der Waals surface area contributed by atoms with Crippen molar-refractivity contribution < 1.29 is 0 Å². The van der Waals surface area contributed by atoms with Gasteiger partial charge < -0.3 is 0 Å². The summed E-state index contributed by atoms with van der Waals surface area (Å²) >= 11 is 0. The van der Waals surface area contributed by atoms with E-state index in [1.54, 1.807) is 12.8 Å². The van der Waals surface area contributed by atoms with Crippen LogP contribution in [0.5, 0.6) is 0 Å². The van der Waals surface area contributed by atoms with Gasteiger partial charge in [-0.05, 0) is 48.3 Å². The third kappa shape index (κ3) is 0.161. The number of hydrogen-bond acceptors (Lipinski definition) is 0. The van der Waals surface area contributed by atoms with Crippen molar-refractivity contribution in [3.05, 3.63) is 12.2 Å². The van der Waals surface area contributed by atoms with Gasteiger partial charge in [-0.15, -0.1) is 0 Å². The van der Waals surface area contributed by atoms with Crippen LogP contribution in [0.1, 0.15) is 19.8 Å². The standard InChI is InChI=1S/C10H12/c1-2-3-6-9-7-4-5-8(9)10(6,7)9/h2-3,6-8H,4-5H2,1H3/b3-2+. The Hall–Kier alpha value is -0.260. The molecule has 5 aliphatic rings. The molecule has 0 nitrogen and oxygen atoms in total. The second kappa shape index (κ2) is 0.855. The zero-order valence-corrected chi connectivity index (χ0v) is 6.30. The second-order valence-corrected chi connectivity index (χ2v) is 4.55. The molecule has 2 bridgehead atoms. The molecule has 0 N–H and O–H groups in total. The van der Waals surface area contributed by atoms with E-state index in [0.29, 0.717) is 0 Å². The van der Waals surface area contributed by atoms with E-state index < -0.39 is 0 Å². The SMILES string of the molecule is C/C=C/C1C23C4CCC2C143. The van der Waals surface area contributed by atoms with Crippen molar-refractivity contribution in [1.29, 1.82) is 0 Å². The van der Waals surface area contributed by atoms with Gasteiger partial charge in [0.1, 0.15) is 0 Å². The molecule has 0 saturated heterocycles. The van der Waals surface area contributed by atoms with Crippen molar-refractivity contribution in [2.45, 2.75) is 19.8 Å². The Kier molecular flexibility index (Phi) is 0.392. The predicted molar refractivity (Wildman–Crippen MR) is 39.4 cm³/mol. The van der Waals surface area contributed by atoms with Crippen LogP contribution in [0.15, 0.2) is 12.2 Å². The monoisotopic (exact) mass is 132 g/mol. The Bertz CT molecular complexity index is 231. The molecule has 5 rings (SSSR count). The fourth-order valence-electron chi connectivity index (χ4n) is 4.77. The van der Waals surface area contributed by atoms with Gasteiger partial charge in [-0.25, -0.2) is 0 Å². The molecule has 0 radical (unpaired) electrons. The van der Waals surface area contributed by atoms with Crippen LogP contribution in [0.2, 0.25) is 0 Å². The molecule has 0 atom stereocenters. The maximum atomic E-state index is 2.46. The highest BCUT2D eigenvalue weighted by atomic mass is 15.2. The first kappa shape index (κ1) is 4.58. The predicted octanol–water partition coefficient (Wildman–Crippen LogP) is 2.22. The van der Waals surface area contributed by atoms with Gasteiger partial charge in [0.25, 0.3) is 0 Å². The molecule has 52 valence electrons. The van der Waals surface area contributed by atoms with E-state index in [2.05, 4.69) is 19.1 Å². The fourth-order valence-corrected chi connectivity index (χ4v) is 4.77. The fraction of sp³-hybridized carbons (Fsp3) is 0.800. The normalized spacial score (nSPS) is 79.1. The average molecular weight is 132 g/mol. The summed E-state index contributed by atoms with van der Waals surface area (Å²) < 4.78 is 0. The first-order valence-corrected chi connectivity index (χ1v) is 4.54. The van der Waals surface area contributed by atoms with E-state index in [4.69, 9.17) is 0 Å². The zero-order chi connectivity index (χ0) is 6.56. The quantitative estimate of drug-likeness (QED) is 0.480. The molecule has 2 spiro atoms. The molecule has 0 aromatic carbocycles. The molecule has 0 amide bonds. The largest absolute Gasteiger partial charge is 0.0913 e. The van der Waals surface area contributed by atoms with Crippen molar-refractivity contribution in [1.82, 2.24) is 0 Å². The van der Waals surface area contributed by atoms with Gasteiger partial charge in [0, 0.05) is 0 Å². The van der Waals surface area contributed by atoms with Crippen molar-refractivity contribution in [3.8, 4) is 0 Å². The van der Waals surface area contributed by atoms with E-state index in [9.17, 15) is 0 Å². The lowest BCUT2D eigenvalue weighted by Crippen LogP contribution is -2.22. The van der Waals surface area contributed by atoms with Gasteiger partial charge in [0.2, 0.25) is 0 Å². The molecule has 5 fully saturated rings. The van der Waals surface area contributed by atoms with Crippen LogP contribution >= 0.6 is 0 Å². The van der Waals surface area contributed by atoms with Crippen LogP contribution in [0.25, 0.3) is 0 Å². The van der Waals surface area contributed by atoms with Crippen molar-refractivity contribution >= 4 is 0 Å². The van der Waals surface area contributed by atoms with Crippen molar-refractivity contribution in [2.75, 3.05) is 0 Å². The molecule has 0 heterocycles. The summed E-state index contributed by atoms with van der Waals surface area (Å²) in [5, 5.41) is 0. The number of fused-ring (bicyclic) bond motifs is 1. The van der Waals surface area contributed by atoms with Crippen LogP contribution in [0.3, 0.4) is 0 Å². The first-order valence-electron chi connectivity index (χ1n) is 4.54. The van der Waals surface area contributed by atoms with Gasteiger partial charge in [0.05, 0.1) is 0 Å². The molecule has 0 unspecified atom stereocenters. The third-order valence-electron chi connectivity index (χ3n) is 4.96. The Labute approximate surface area is 61.3 Å². The van der Waals surface area contributed by atoms with E-state index in [-0.39, 0.29) is 0 Å². The van der Waals surface area contributed by atoms with Crippen LogP contribution in [0.4, 0.5) is 0 Å².